The number of H-pyrrole nitrogens is 1. The molecule has 5 nitrogen and oxygen atoms in total. The Balaban J connectivity index is 1.56. The van der Waals surface area contributed by atoms with Crippen LogP contribution in [0.4, 0.5) is 0 Å². The van der Waals surface area contributed by atoms with Gasteiger partial charge in [-0.05, 0) is 42.3 Å². The smallest absolute Gasteiger partial charge is 0.258 e. The molecule has 0 saturated heterocycles. The first-order chi connectivity index (χ1) is 14.2. The highest BCUT2D eigenvalue weighted by Crippen LogP contribution is 2.20. The molecule has 5 heteroatoms. The van der Waals surface area contributed by atoms with Crippen LogP contribution < -0.4 is 5.56 Å². The molecule has 0 radical (unpaired) electrons. The third-order valence-corrected chi connectivity index (χ3v) is 4.91. The summed E-state index contributed by atoms with van der Waals surface area (Å²) in [5.41, 5.74) is 3.21. The van der Waals surface area contributed by atoms with E-state index in [-0.39, 0.29) is 18.0 Å². The Morgan fingerprint density at radius 1 is 0.897 bits per heavy atom. The number of para-hydroxylation sites is 1. The van der Waals surface area contributed by atoms with Gasteiger partial charge in [0.15, 0.2) is 0 Å². The second-order valence-electron chi connectivity index (χ2n) is 6.79. The van der Waals surface area contributed by atoms with Crippen molar-refractivity contribution in [2.24, 2.45) is 0 Å². The zero-order chi connectivity index (χ0) is 20.2. The molecule has 0 unspecified atom stereocenters. The largest absolute Gasteiger partial charge is 0.331 e. The summed E-state index contributed by atoms with van der Waals surface area (Å²) in [5, 5.41) is 0.544. The van der Waals surface area contributed by atoms with Crippen molar-refractivity contribution in [3.05, 3.63) is 101 Å². The molecule has 0 saturated carbocycles. The topological polar surface area (TPSA) is 66.1 Å². The average Bonchev–Trinajstić information content (AvgIpc) is 2.78. The number of hydrogen-bond donors (Lipinski definition) is 1. The molecule has 0 aliphatic carbocycles. The number of benzene rings is 3. The molecule has 3 aromatic carbocycles. The van der Waals surface area contributed by atoms with Crippen molar-refractivity contribution in [1.29, 1.82) is 0 Å². The van der Waals surface area contributed by atoms with Gasteiger partial charge in [0.1, 0.15) is 5.82 Å². The third kappa shape index (κ3) is 3.94. The molecule has 4 aromatic rings. The fourth-order valence-corrected chi connectivity index (χ4v) is 3.34. The van der Waals surface area contributed by atoms with E-state index in [1.807, 2.05) is 67.6 Å². The number of hydrogen-bond acceptors (Lipinski definition) is 3. The van der Waals surface area contributed by atoms with Crippen LogP contribution in [0, 0.1) is 0 Å². The van der Waals surface area contributed by atoms with Gasteiger partial charge in [-0.2, -0.15) is 0 Å². The fourth-order valence-electron chi connectivity index (χ4n) is 3.34. The molecule has 1 N–H and O–H groups in total. The Morgan fingerprint density at radius 3 is 2.28 bits per heavy atom. The second kappa shape index (κ2) is 8.10. The molecule has 144 valence electrons. The summed E-state index contributed by atoms with van der Waals surface area (Å²) in [7, 11) is 0. The van der Waals surface area contributed by atoms with Gasteiger partial charge >= 0.3 is 0 Å². The molecule has 0 bridgehead atoms. The lowest BCUT2D eigenvalue weighted by Crippen LogP contribution is -2.31. The monoisotopic (exact) mass is 383 g/mol. The minimum absolute atomic E-state index is 0.0945. The molecule has 0 aliphatic rings. The van der Waals surface area contributed by atoms with Crippen molar-refractivity contribution < 1.29 is 4.79 Å². The first-order valence-corrected chi connectivity index (χ1v) is 9.58. The number of aromatic amines is 1. The Morgan fingerprint density at radius 2 is 1.55 bits per heavy atom. The molecule has 0 aliphatic heterocycles. The predicted molar refractivity (Wildman–Crippen MR) is 115 cm³/mol. The van der Waals surface area contributed by atoms with Gasteiger partial charge in [-0.25, -0.2) is 4.98 Å². The third-order valence-electron chi connectivity index (χ3n) is 4.91. The van der Waals surface area contributed by atoms with Crippen molar-refractivity contribution in [2.75, 3.05) is 6.54 Å². The van der Waals surface area contributed by atoms with E-state index in [0.717, 1.165) is 11.1 Å². The molecule has 0 spiro atoms. The highest BCUT2D eigenvalue weighted by molar-refractivity contribution is 5.94. The summed E-state index contributed by atoms with van der Waals surface area (Å²) < 4.78 is 0. The Hall–Kier alpha value is -3.73. The maximum Gasteiger partial charge on any atom is 0.258 e. The number of rotatable bonds is 5. The van der Waals surface area contributed by atoms with Gasteiger partial charge in [0.2, 0.25) is 0 Å². The fraction of sp³-hybridized carbons (Fsp3) is 0.125. The number of nitrogens with one attached hydrogen (secondary N) is 1. The van der Waals surface area contributed by atoms with E-state index < -0.39 is 0 Å². The van der Waals surface area contributed by atoms with Crippen molar-refractivity contribution in [3.8, 4) is 11.1 Å². The lowest BCUT2D eigenvalue weighted by molar-refractivity contribution is 0.0748. The Labute approximate surface area is 168 Å². The van der Waals surface area contributed by atoms with Crippen molar-refractivity contribution in [3.63, 3.8) is 0 Å². The van der Waals surface area contributed by atoms with Crippen LogP contribution in [0.15, 0.2) is 83.7 Å². The van der Waals surface area contributed by atoms with Gasteiger partial charge in [-0.15, -0.1) is 0 Å². The molecule has 1 amide bonds. The zero-order valence-electron chi connectivity index (χ0n) is 16.1. The van der Waals surface area contributed by atoms with Gasteiger partial charge in [0.25, 0.3) is 11.5 Å². The van der Waals surface area contributed by atoms with Gasteiger partial charge in [0.05, 0.1) is 17.4 Å². The predicted octanol–water partition coefficient (Wildman–Crippen LogP) is 4.25. The Bertz CT molecular complexity index is 1200. The molecule has 1 heterocycles. The number of fused-ring (bicyclic) bond motifs is 1. The SMILES string of the molecule is CCN(Cc1nc2ccccc2c(=O)[nH]1)C(=O)c1ccc(-c2ccccc2)cc1. The number of amides is 1. The second-order valence-corrected chi connectivity index (χ2v) is 6.79. The quantitative estimate of drug-likeness (QED) is 0.560. The highest BCUT2D eigenvalue weighted by atomic mass is 16.2. The summed E-state index contributed by atoms with van der Waals surface area (Å²) in [6.45, 7) is 2.67. The maximum absolute atomic E-state index is 13.0. The first-order valence-electron chi connectivity index (χ1n) is 9.58. The highest BCUT2D eigenvalue weighted by Gasteiger charge is 2.16. The summed E-state index contributed by atoms with van der Waals surface area (Å²) >= 11 is 0. The Kier molecular flexibility index (Phi) is 5.20. The van der Waals surface area contributed by atoms with E-state index in [1.54, 1.807) is 23.1 Å². The number of nitrogens with zero attached hydrogens (tertiary/aromatic N) is 2. The molecular formula is C24H21N3O2. The van der Waals surface area contributed by atoms with E-state index >= 15 is 0 Å². The van der Waals surface area contributed by atoms with Crippen molar-refractivity contribution in [1.82, 2.24) is 14.9 Å². The molecule has 4 rings (SSSR count). The first kappa shape index (κ1) is 18.6. The van der Waals surface area contributed by atoms with E-state index in [4.69, 9.17) is 0 Å². The lowest BCUT2D eigenvalue weighted by atomic mass is 10.0. The molecular weight excluding hydrogens is 362 g/mol. The molecule has 0 atom stereocenters. The molecule has 1 aromatic heterocycles. The van der Waals surface area contributed by atoms with E-state index in [9.17, 15) is 9.59 Å². The summed E-state index contributed by atoms with van der Waals surface area (Å²) in [6, 6.07) is 24.8. The number of aromatic nitrogens is 2. The van der Waals surface area contributed by atoms with Crippen LogP contribution in [-0.4, -0.2) is 27.3 Å². The van der Waals surface area contributed by atoms with Crippen LogP contribution in [0.5, 0.6) is 0 Å². The van der Waals surface area contributed by atoms with Gasteiger partial charge in [-0.1, -0.05) is 54.6 Å². The van der Waals surface area contributed by atoms with Gasteiger partial charge in [-0.3, -0.25) is 9.59 Å². The van der Waals surface area contributed by atoms with Crippen LogP contribution in [-0.2, 0) is 6.54 Å². The number of carbonyl (C=O) groups is 1. The van der Waals surface area contributed by atoms with Gasteiger partial charge < -0.3 is 9.88 Å². The molecule has 29 heavy (non-hydrogen) atoms. The normalized spacial score (nSPS) is 10.8. The summed E-state index contributed by atoms with van der Waals surface area (Å²) in [6.07, 6.45) is 0. The van der Waals surface area contributed by atoms with E-state index in [0.29, 0.717) is 28.8 Å². The van der Waals surface area contributed by atoms with Crippen molar-refractivity contribution >= 4 is 16.8 Å². The lowest BCUT2D eigenvalue weighted by Gasteiger charge is -2.20. The maximum atomic E-state index is 13.0. The average molecular weight is 383 g/mol. The van der Waals surface area contributed by atoms with Gasteiger partial charge in [0, 0.05) is 12.1 Å². The summed E-state index contributed by atoms with van der Waals surface area (Å²) in [4.78, 5) is 34.2. The van der Waals surface area contributed by atoms with Crippen LogP contribution >= 0.6 is 0 Å². The van der Waals surface area contributed by atoms with Crippen LogP contribution in [0.1, 0.15) is 23.1 Å². The minimum atomic E-state index is -0.193. The van der Waals surface area contributed by atoms with Crippen molar-refractivity contribution in [2.45, 2.75) is 13.5 Å². The van der Waals surface area contributed by atoms with Crippen LogP contribution in [0.3, 0.4) is 0 Å². The summed E-state index contributed by atoms with van der Waals surface area (Å²) in [5.74, 6) is 0.382. The van der Waals surface area contributed by atoms with E-state index in [2.05, 4.69) is 9.97 Å². The van der Waals surface area contributed by atoms with E-state index in [1.165, 1.54) is 0 Å². The number of carbonyl (C=O) groups excluding carboxylic acids is 1. The standard InChI is InChI=1S/C24H21N3O2/c1-2-27(16-22-25-21-11-7-6-10-20(21)23(28)26-22)24(29)19-14-12-18(13-15-19)17-8-4-3-5-9-17/h3-15H,2,16H2,1H3,(H,25,26,28). The zero-order valence-corrected chi connectivity index (χ0v) is 16.1. The molecule has 0 fully saturated rings. The minimum Gasteiger partial charge on any atom is -0.331 e. The van der Waals surface area contributed by atoms with Crippen LogP contribution in [0.2, 0.25) is 0 Å². The van der Waals surface area contributed by atoms with Crippen LogP contribution in [0.25, 0.3) is 22.0 Å².